The summed E-state index contributed by atoms with van der Waals surface area (Å²) in [6, 6.07) is 8.40. The second-order valence-electron chi connectivity index (χ2n) is 9.77. The molecule has 2 bridgehead atoms. The van der Waals surface area contributed by atoms with Crippen molar-refractivity contribution in [2.75, 3.05) is 4.90 Å². The quantitative estimate of drug-likeness (QED) is 0.560. The fourth-order valence-electron chi connectivity index (χ4n) is 5.53. The van der Waals surface area contributed by atoms with Crippen LogP contribution in [0.15, 0.2) is 53.7 Å². The fraction of sp³-hybridized carbons (Fsp3) is 0.423. The Morgan fingerprint density at radius 2 is 1.91 bits per heavy atom. The number of nitrogens with one attached hydrogen (secondary N) is 1. The van der Waals surface area contributed by atoms with Gasteiger partial charge in [0, 0.05) is 36.0 Å². The summed E-state index contributed by atoms with van der Waals surface area (Å²) in [6.45, 7) is -0.888. The number of rotatable bonds is 6. The minimum atomic E-state index is -0.931. The molecule has 1 aliphatic carbocycles. The lowest BCUT2D eigenvalue weighted by Crippen LogP contribution is -2.57. The van der Waals surface area contributed by atoms with Gasteiger partial charge in [-0.3, -0.25) is 14.3 Å². The van der Waals surface area contributed by atoms with E-state index in [2.05, 4.69) is 20.2 Å². The van der Waals surface area contributed by atoms with Crippen molar-refractivity contribution >= 4 is 5.82 Å². The van der Waals surface area contributed by atoms with Crippen LogP contribution in [0.2, 0.25) is 0 Å². The average Bonchev–Trinajstić information content (AvgIpc) is 3.62. The second kappa shape index (κ2) is 8.71. The maximum Gasteiger partial charge on any atom is 0.253 e. The number of fused-ring (bicyclic) bond motifs is 2. The lowest BCUT2D eigenvalue weighted by molar-refractivity contribution is 0.171. The first-order valence-electron chi connectivity index (χ1n) is 12.1. The molecule has 3 aromatic rings. The van der Waals surface area contributed by atoms with Gasteiger partial charge in [-0.15, -0.1) is 0 Å². The number of phenolic OH excluding ortho intramolecular Hbond substituents is 1. The molecule has 2 saturated heterocycles. The molecule has 2 aliphatic heterocycles. The van der Waals surface area contributed by atoms with Crippen molar-refractivity contribution in [3.63, 3.8) is 0 Å². The molecule has 3 fully saturated rings. The van der Waals surface area contributed by atoms with Gasteiger partial charge >= 0.3 is 0 Å². The van der Waals surface area contributed by atoms with Crippen LogP contribution in [-0.2, 0) is 6.80 Å². The monoisotopic (exact) mass is 479 g/mol. The Morgan fingerprint density at radius 1 is 1.09 bits per heavy atom. The first-order valence-corrected chi connectivity index (χ1v) is 12.1. The van der Waals surface area contributed by atoms with Gasteiger partial charge in [-0.25, -0.2) is 13.8 Å². The van der Waals surface area contributed by atoms with Crippen molar-refractivity contribution in [1.29, 1.82) is 0 Å². The maximum absolute atomic E-state index is 15.3. The lowest BCUT2D eigenvalue weighted by Gasteiger charge is -2.41. The van der Waals surface area contributed by atoms with Gasteiger partial charge in [-0.2, -0.15) is 0 Å². The number of piperidine rings is 1. The zero-order valence-electron chi connectivity index (χ0n) is 19.1. The minimum Gasteiger partial charge on any atom is -0.507 e. The zero-order chi connectivity index (χ0) is 24.1. The van der Waals surface area contributed by atoms with Crippen molar-refractivity contribution in [2.45, 2.75) is 69.2 Å². The third-order valence-corrected chi connectivity index (χ3v) is 7.49. The topological polar surface area (TPSA) is 83.3 Å². The standard InChI is InChI=1S/C26H27F2N5O2/c27-14-32-8-7-16(10-25(32)35)15-1-5-19(23(34)9-15)21-12-30-24(13-29-21)33(18-3-4-18)22-11-17-2-6-20(31-17)26(22)28/h1,5,7-10,12-13,17-18,20,22,26,31,34H,2-4,6,11,14H2/t17?,20?,22-,26+/m0/s1. The van der Waals surface area contributed by atoms with Gasteiger partial charge in [0.15, 0.2) is 6.80 Å². The zero-order valence-corrected chi connectivity index (χ0v) is 19.1. The third-order valence-electron chi connectivity index (χ3n) is 7.49. The summed E-state index contributed by atoms with van der Waals surface area (Å²) < 4.78 is 29.0. The van der Waals surface area contributed by atoms with E-state index in [1.807, 2.05) is 0 Å². The van der Waals surface area contributed by atoms with Crippen LogP contribution in [0.4, 0.5) is 14.6 Å². The Balaban J connectivity index is 1.25. The number of pyridine rings is 1. The highest BCUT2D eigenvalue weighted by Crippen LogP contribution is 2.40. The molecule has 3 aliphatic rings. The van der Waals surface area contributed by atoms with E-state index in [0.29, 0.717) is 40.3 Å². The molecule has 4 heterocycles. The number of hydrogen-bond acceptors (Lipinski definition) is 6. The lowest BCUT2D eigenvalue weighted by atomic mass is 9.96. The van der Waals surface area contributed by atoms with Crippen LogP contribution in [0.5, 0.6) is 5.75 Å². The van der Waals surface area contributed by atoms with Gasteiger partial charge in [0.1, 0.15) is 17.7 Å². The van der Waals surface area contributed by atoms with Gasteiger partial charge in [0.25, 0.3) is 5.56 Å². The summed E-state index contributed by atoms with van der Waals surface area (Å²) in [7, 11) is 0. The molecule has 0 radical (unpaired) electrons. The number of hydrogen-bond donors (Lipinski definition) is 2. The van der Waals surface area contributed by atoms with Crippen LogP contribution < -0.4 is 15.8 Å². The molecule has 182 valence electrons. The number of alkyl halides is 2. The molecular weight excluding hydrogens is 452 g/mol. The Morgan fingerprint density at radius 3 is 2.60 bits per heavy atom. The van der Waals surface area contributed by atoms with Gasteiger partial charge in [0.05, 0.1) is 24.1 Å². The number of aromatic nitrogens is 3. The molecular formula is C26H27F2N5O2. The van der Waals surface area contributed by atoms with Gasteiger partial charge in [-0.1, -0.05) is 6.07 Å². The van der Waals surface area contributed by atoms with Crippen LogP contribution in [0, 0.1) is 0 Å². The predicted molar refractivity (Wildman–Crippen MR) is 129 cm³/mol. The van der Waals surface area contributed by atoms with Crippen LogP contribution in [0.1, 0.15) is 32.1 Å². The summed E-state index contributed by atoms with van der Waals surface area (Å²) in [5.41, 5.74) is 1.77. The SMILES string of the molecule is O=c1cc(-c2ccc(-c3cnc(N(C4CC4)[C@H]4CC5CCC(N5)[C@H]4F)cn3)c(O)c2)ccn1CF. The molecule has 35 heavy (non-hydrogen) atoms. The van der Waals surface area contributed by atoms with Crippen LogP contribution in [0.3, 0.4) is 0 Å². The summed E-state index contributed by atoms with van der Waals surface area (Å²) in [5.74, 6) is 0.673. The van der Waals surface area contributed by atoms with Crippen molar-refractivity contribution in [3.05, 3.63) is 59.3 Å². The molecule has 2 aromatic heterocycles. The molecule has 9 heteroatoms. The van der Waals surface area contributed by atoms with E-state index in [0.717, 1.165) is 36.7 Å². The van der Waals surface area contributed by atoms with Gasteiger partial charge < -0.3 is 15.3 Å². The average molecular weight is 480 g/mol. The Labute approximate surface area is 201 Å². The fourth-order valence-corrected chi connectivity index (χ4v) is 5.53. The number of anilines is 1. The molecule has 1 saturated carbocycles. The van der Waals surface area contributed by atoms with Crippen molar-refractivity contribution in [1.82, 2.24) is 19.9 Å². The minimum absolute atomic E-state index is 0.00276. The number of benzene rings is 1. The Bertz CT molecular complexity index is 1290. The van der Waals surface area contributed by atoms with E-state index in [1.165, 1.54) is 12.3 Å². The highest BCUT2D eigenvalue weighted by atomic mass is 19.1. The van der Waals surface area contributed by atoms with Crippen LogP contribution in [0.25, 0.3) is 22.4 Å². The number of phenols is 1. The molecule has 2 N–H and O–H groups in total. The molecule has 1 aromatic carbocycles. The van der Waals surface area contributed by atoms with E-state index in [4.69, 9.17) is 0 Å². The first kappa shape index (κ1) is 22.2. The Kier molecular flexibility index (Phi) is 5.51. The number of nitrogens with zero attached hydrogens (tertiary/aromatic N) is 4. The second-order valence-corrected chi connectivity index (χ2v) is 9.77. The number of aromatic hydroxyl groups is 1. The first-order chi connectivity index (χ1) is 17.0. The smallest absolute Gasteiger partial charge is 0.253 e. The normalized spacial score (nSPS) is 25.5. The molecule has 2 unspecified atom stereocenters. The molecule has 0 amide bonds. The molecule has 7 nitrogen and oxygen atoms in total. The molecule has 0 spiro atoms. The van der Waals surface area contributed by atoms with E-state index in [9.17, 15) is 14.3 Å². The summed E-state index contributed by atoms with van der Waals surface area (Å²) in [6.07, 6.45) is 8.49. The van der Waals surface area contributed by atoms with E-state index < -0.39 is 18.5 Å². The van der Waals surface area contributed by atoms with Gasteiger partial charge in [-0.05, 0) is 61.4 Å². The summed E-state index contributed by atoms with van der Waals surface area (Å²) in [4.78, 5) is 23.3. The van der Waals surface area contributed by atoms with Gasteiger partial charge in [0.2, 0.25) is 0 Å². The highest BCUT2D eigenvalue weighted by Gasteiger charge is 2.48. The van der Waals surface area contributed by atoms with Crippen LogP contribution >= 0.6 is 0 Å². The van der Waals surface area contributed by atoms with Crippen molar-refractivity contribution < 1.29 is 13.9 Å². The third kappa shape index (κ3) is 4.07. The highest BCUT2D eigenvalue weighted by molar-refractivity contribution is 5.74. The predicted octanol–water partition coefficient (Wildman–Crippen LogP) is 3.80. The Hall–Kier alpha value is -3.33. The summed E-state index contributed by atoms with van der Waals surface area (Å²) >= 11 is 0. The van der Waals surface area contributed by atoms with Crippen LogP contribution in [-0.4, -0.2) is 50.0 Å². The van der Waals surface area contributed by atoms with E-state index >= 15 is 4.39 Å². The molecule has 4 atom stereocenters. The maximum atomic E-state index is 15.3. The molecule has 6 rings (SSSR count). The summed E-state index contributed by atoms with van der Waals surface area (Å²) in [5, 5.41) is 14.1. The number of halogens is 2. The van der Waals surface area contributed by atoms with Crippen molar-refractivity contribution in [2.24, 2.45) is 0 Å². The van der Waals surface area contributed by atoms with Crippen molar-refractivity contribution in [3.8, 4) is 28.1 Å². The van der Waals surface area contributed by atoms with E-state index in [1.54, 1.807) is 36.7 Å². The van der Waals surface area contributed by atoms with E-state index in [-0.39, 0.29) is 17.8 Å². The largest absolute Gasteiger partial charge is 0.507 e.